The van der Waals surface area contributed by atoms with Crippen LogP contribution < -0.4 is 0 Å². The molecule has 0 radical (unpaired) electrons. The molecule has 2 aromatic rings. The van der Waals surface area contributed by atoms with E-state index in [-0.39, 0.29) is 5.92 Å². The van der Waals surface area contributed by atoms with Gasteiger partial charge in [-0.2, -0.15) is 0 Å². The molecule has 0 amide bonds. The van der Waals surface area contributed by atoms with E-state index in [0.717, 1.165) is 43.7 Å². The summed E-state index contributed by atoms with van der Waals surface area (Å²) in [5, 5.41) is 0.918. The third-order valence-corrected chi connectivity index (χ3v) is 6.99. The smallest absolute Gasteiger partial charge is 0.124 e. The third-order valence-electron chi connectivity index (χ3n) is 6.66. The first-order valence-electron chi connectivity index (χ1n) is 10.3. The molecule has 1 heterocycles. The molecule has 0 bridgehead atoms. The molecule has 0 N–H and O–H groups in total. The summed E-state index contributed by atoms with van der Waals surface area (Å²) in [6.45, 7) is 2.04. The van der Waals surface area contributed by atoms with Crippen LogP contribution in [0.2, 0.25) is 5.02 Å². The predicted octanol–water partition coefficient (Wildman–Crippen LogP) is 5.78. The molecular weight excluding hydrogens is 354 g/mol. The van der Waals surface area contributed by atoms with Crippen LogP contribution in [0.15, 0.2) is 36.4 Å². The molecule has 27 heavy (non-hydrogen) atoms. The molecule has 0 spiro atoms. The molecule has 2 atom stereocenters. The number of likely N-dealkylation sites (tertiary alicyclic amines) is 1. The lowest BCUT2D eigenvalue weighted by Crippen LogP contribution is -2.38. The van der Waals surface area contributed by atoms with Gasteiger partial charge in [-0.15, -0.1) is 0 Å². The number of carbonyl (C=O) groups is 1. The fourth-order valence-electron chi connectivity index (χ4n) is 5.02. The van der Waals surface area contributed by atoms with E-state index in [4.69, 9.17) is 11.6 Å². The fraction of sp³-hybridized carbons (Fsp3) is 0.458. The molecule has 140 valence electrons. The van der Waals surface area contributed by atoms with Gasteiger partial charge in [0.1, 0.15) is 6.29 Å². The van der Waals surface area contributed by atoms with Crippen LogP contribution in [0, 0.1) is 5.92 Å². The van der Waals surface area contributed by atoms with E-state index in [9.17, 15) is 4.79 Å². The van der Waals surface area contributed by atoms with Crippen LogP contribution in [0.4, 0.5) is 0 Å². The Bertz CT molecular complexity index is 873. The molecule has 2 aliphatic carbocycles. The lowest BCUT2D eigenvalue weighted by atomic mass is 9.95. The van der Waals surface area contributed by atoms with E-state index in [1.807, 2.05) is 0 Å². The Hall–Kier alpha value is -1.64. The quantitative estimate of drug-likeness (QED) is 0.627. The van der Waals surface area contributed by atoms with E-state index in [1.54, 1.807) is 0 Å². The maximum absolute atomic E-state index is 11.2. The van der Waals surface area contributed by atoms with Crippen molar-refractivity contribution in [3.63, 3.8) is 0 Å². The number of benzene rings is 2. The van der Waals surface area contributed by atoms with E-state index < -0.39 is 0 Å². The van der Waals surface area contributed by atoms with Gasteiger partial charge in [-0.3, -0.25) is 4.90 Å². The molecule has 3 heteroatoms. The van der Waals surface area contributed by atoms with Crippen LogP contribution in [-0.2, 0) is 11.2 Å². The number of hydrogen-bond donors (Lipinski definition) is 0. The molecule has 2 nitrogen and oxygen atoms in total. The first kappa shape index (κ1) is 17.5. The number of fused-ring (bicyclic) bond motifs is 1. The van der Waals surface area contributed by atoms with Crippen molar-refractivity contribution in [3.8, 4) is 11.1 Å². The van der Waals surface area contributed by atoms with Crippen molar-refractivity contribution in [1.82, 2.24) is 4.90 Å². The highest BCUT2D eigenvalue weighted by Crippen LogP contribution is 2.44. The number of aldehydes is 1. The van der Waals surface area contributed by atoms with Crippen molar-refractivity contribution in [2.45, 2.75) is 50.5 Å². The second-order valence-electron chi connectivity index (χ2n) is 8.51. The Labute approximate surface area is 166 Å². The normalized spacial score (nSPS) is 25.4. The number of aryl methyl sites for hydroxylation is 1. The second-order valence-corrected chi connectivity index (χ2v) is 8.92. The van der Waals surface area contributed by atoms with Gasteiger partial charge >= 0.3 is 0 Å². The SMILES string of the molecule is O=CC1CCCN(C2CCc3cc(-c4ccc(C5CC5)c(Cl)c4)ccc32)C1. The molecule has 0 aromatic heterocycles. The number of piperidine rings is 1. The first-order chi connectivity index (χ1) is 13.2. The van der Waals surface area contributed by atoms with Gasteiger partial charge < -0.3 is 4.79 Å². The fourth-order valence-corrected chi connectivity index (χ4v) is 5.36. The minimum absolute atomic E-state index is 0.217. The standard InChI is InChI=1S/C24H26ClNO/c25-23-13-19(5-8-21(23)17-3-4-17)18-6-9-22-20(12-18)7-10-24(22)26-11-1-2-16(14-26)15-27/h5-6,8-9,12-13,15-17,24H,1-4,7,10-11,14H2. The summed E-state index contributed by atoms with van der Waals surface area (Å²) in [4.78, 5) is 13.8. The molecule has 2 unspecified atom stereocenters. The Morgan fingerprint density at radius 1 is 0.963 bits per heavy atom. The van der Waals surface area contributed by atoms with Crippen LogP contribution >= 0.6 is 11.6 Å². The zero-order valence-corrected chi connectivity index (χ0v) is 16.4. The molecule has 2 fully saturated rings. The van der Waals surface area contributed by atoms with Crippen LogP contribution in [0.1, 0.15) is 60.8 Å². The van der Waals surface area contributed by atoms with Gasteiger partial charge in [0.2, 0.25) is 0 Å². The van der Waals surface area contributed by atoms with Gasteiger partial charge in [0, 0.05) is 23.5 Å². The van der Waals surface area contributed by atoms with Gasteiger partial charge in [-0.05, 0) is 84.9 Å². The largest absolute Gasteiger partial charge is 0.303 e. The maximum Gasteiger partial charge on any atom is 0.124 e. The number of halogens is 1. The van der Waals surface area contributed by atoms with Gasteiger partial charge in [0.05, 0.1) is 0 Å². The minimum Gasteiger partial charge on any atom is -0.303 e. The van der Waals surface area contributed by atoms with Gasteiger partial charge in [0.25, 0.3) is 0 Å². The van der Waals surface area contributed by atoms with Gasteiger partial charge in [0.15, 0.2) is 0 Å². The topological polar surface area (TPSA) is 20.3 Å². The van der Waals surface area contributed by atoms with Crippen molar-refractivity contribution in [2.24, 2.45) is 5.92 Å². The van der Waals surface area contributed by atoms with Crippen molar-refractivity contribution >= 4 is 17.9 Å². The summed E-state index contributed by atoms with van der Waals surface area (Å²) >= 11 is 6.55. The second kappa shape index (κ2) is 7.07. The highest BCUT2D eigenvalue weighted by atomic mass is 35.5. The Morgan fingerprint density at radius 2 is 1.74 bits per heavy atom. The lowest BCUT2D eigenvalue weighted by molar-refractivity contribution is -0.112. The average molecular weight is 380 g/mol. The summed E-state index contributed by atoms with van der Waals surface area (Å²) < 4.78 is 0. The van der Waals surface area contributed by atoms with Crippen molar-refractivity contribution in [2.75, 3.05) is 13.1 Å². The maximum atomic E-state index is 11.2. The molecule has 5 rings (SSSR count). The molecule has 1 aliphatic heterocycles. The van der Waals surface area contributed by atoms with E-state index in [1.165, 1.54) is 47.1 Å². The van der Waals surface area contributed by atoms with Gasteiger partial charge in [-0.1, -0.05) is 41.9 Å². The van der Waals surface area contributed by atoms with Crippen LogP contribution in [0.5, 0.6) is 0 Å². The summed E-state index contributed by atoms with van der Waals surface area (Å²) in [7, 11) is 0. The van der Waals surface area contributed by atoms with E-state index in [2.05, 4.69) is 41.3 Å². The van der Waals surface area contributed by atoms with Crippen molar-refractivity contribution < 1.29 is 4.79 Å². The van der Waals surface area contributed by atoms with E-state index >= 15 is 0 Å². The summed E-state index contributed by atoms with van der Waals surface area (Å²) in [6, 6.07) is 14.0. The molecule has 1 saturated carbocycles. The van der Waals surface area contributed by atoms with Crippen molar-refractivity contribution in [1.29, 1.82) is 0 Å². The molecular formula is C24H26ClNO. The molecule has 3 aliphatic rings. The number of carbonyl (C=O) groups excluding carboxylic acids is 1. The molecule has 1 saturated heterocycles. The molecule has 2 aromatic carbocycles. The monoisotopic (exact) mass is 379 g/mol. The number of nitrogens with zero attached hydrogens (tertiary/aromatic N) is 1. The highest BCUT2D eigenvalue weighted by Gasteiger charge is 2.31. The zero-order chi connectivity index (χ0) is 18.4. The summed E-state index contributed by atoms with van der Waals surface area (Å²) in [5.74, 6) is 0.904. The van der Waals surface area contributed by atoms with Crippen LogP contribution in [-0.4, -0.2) is 24.3 Å². The van der Waals surface area contributed by atoms with Gasteiger partial charge in [-0.25, -0.2) is 0 Å². The zero-order valence-electron chi connectivity index (χ0n) is 15.7. The third kappa shape index (κ3) is 3.34. The Morgan fingerprint density at radius 3 is 2.48 bits per heavy atom. The van der Waals surface area contributed by atoms with Crippen molar-refractivity contribution in [3.05, 3.63) is 58.1 Å². The van der Waals surface area contributed by atoms with E-state index in [0.29, 0.717) is 12.0 Å². The average Bonchev–Trinajstić information content (AvgIpc) is 3.46. The number of hydrogen-bond acceptors (Lipinski definition) is 2. The Kier molecular flexibility index (Phi) is 4.57. The predicted molar refractivity (Wildman–Crippen MR) is 110 cm³/mol. The highest BCUT2D eigenvalue weighted by molar-refractivity contribution is 6.31. The Balaban J connectivity index is 1.39. The number of rotatable bonds is 4. The lowest BCUT2D eigenvalue weighted by Gasteiger charge is -2.35. The minimum atomic E-state index is 0.217. The van der Waals surface area contributed by atoms with Crippen LogP contribution in [0.3, 0.4) is 0 Å². The van der Waals surface area contributed by atoms with Crippen LogP contribution in [0.25, 0.3) is 11.1 Å². The first-order valence-corrected chi connectivity index (χ1v) is 10.7. The summed E-state index contributed by atoms with van der Waals surface area (Å²) in [5.41, 5.74) is 6.73. The summed E-state index contributed by atoms with van der Waals surface area (Å²) in [6.07, 6.45) is 8.20.